The molecule has 1 aromatic heterocycles. The van der Waals surface area contributed by atoms with Gasteiger partial charge in [0, 0.05) is 11.3 Å². The zero-order chi connectivity index (χ0) is 15.6. The molecule has 2 rings (SSSR count). The van der Waals surface area contributed by atoms with Crippen LogP contribution >= 0.6 is 0 Å². The molecule has 0 aliphatic rings. The predicted molar refractivity (Wildman–Crippen MR) is 75.3 cm³/mol. The van der Waals surface area contributed by atoms with Crippen LogP contribution < -0.4 is 10.2 Å². The maximum absolute atomic E-state index is 13.0. The average molecular weight is 291 g/mol. The smallest absolute Gasteiger partial charge is 0.345 e. The number of rotatable bonds is 4. The summed E-state index contributed by atoms with van der Waals surface area (Å²) >= 11 is 0. The molecule has 110 valence electrons. The highest BCUT2D eigenvalue weighted by atomic mass is 19.1. The van der Waals surface area contributed by atoms with Gasteiger partial charge >= 0.3 is 5.97 Å². The van der Waals surface area contributed by atoms with E-state index in [1.54, 1.807) is 13.8 Å². The molecule has 2 aromatic rings. The van der Waals surface area contributed by atoms with Crippen LogP contribution in [-0.2, 0) is 0 Å². The Labute approximate surface area is 120 Å². The maximum Gasteiger partial charge on any atom is 0.345 e. The number of aromatic amines is 1. The van der Waals surface area contributed by atoms with E-state index in [9.17, 15) is 19.1 Å². The van der Waals surface area contributed by atoms with Crippen molar-refractivity contribution in [3.63, 3.8) is 0 Å². The number of hydrogen-bond donors (Lipinski definition) is 2. The lowest BCUT2D eigenvalue weighted by atomic mass is 10.0. The van der Waals surface area contributed by atoms with Crippen molar-refractivity contribution in [2.75, 3.05) is 6.61 Å². The first-order chi connectivity index (χ1) is 9.95. The number of carboxylic acids is 1. The van der Waals surface area contributed by atoms with Crippen LogP contribution in [0.2, 0.25) is 0 Å². The van der Waals surface area contributed by atoms with E-state index in [1.807, 2.05) is 0 Å². The fourth-order valence-electron chi connectivity index (χ4n) is 2.10. The van der Waals surface area contributed by atoms with E-state index in [1.165, 1.54) is 24.3 Å². The second-order valence-electron chi connectivity index (χ2n) is 4.40. The lowest BCUT2D eigenvalue weighted by Gasteiger charge is -2.12. The first-order valence-corrected chi connectivity index (χ1v) is 6.34. The van der Waals surface area contributed by atoms with Crippen LogP contribution in [-0.4, -0.2) is 22.7 Å². The third kappa shape index (κ3) is 2.79. The minimum absolute atomic E-state index is 0.0710. The van der Waals surface area contributed by atoms with Crippen molar-refractivity contribution < 1.29 is 19.0 Å². The number of H-pyrrole nitrogens is 1. The van der Waals surface area contributed by atoms with Crippen LogP contribution in [0.5, 0.6) is 5.88 Å². The number of aromatic nitrogens is 1. The number of pyridine rings is 1. The van der Waals surface area contributed by atoms with Crippen molar-refractivity contribution in [2.45, 2.75) is 13.8 Å². The van der Waals surface area contributed by atoms with Crippen LogP contribution in [0.25, 0.3) is 11.1 Å². The zero-order valence-electron chi connectivity index (χ0n) is 11.6. The van der Waals surface area contributed by atoms with Crippen molar-refractivity contribution in [2.24, 2.45) is 0 Å². The molecule has 21 heavy (non-hydrogen) atoms. The lowest BCUT2D eigenvalue weighted by molar-refractivity contribution is 0.0690. The molecule has 6 heteroatoms. The summed E-state index contributed by atoms with van der Waals surface area (Å²) in [5.41, 5.74) is -0.0211. The summed E-state index contributed by atoms with van der Waals surface area (Å²) in [7, 11) is 0. The lowest BCUT2D eigenvalue weighted by Crippen LogP contribution is -2.21. The standard InChI is InChI=1S/C15H14FNO4/c1-3-21-14-12(15(19)20)13(18)11(8(2)17-14)9-4-6-10(16)7-5-9/h4-7H,3H2,1-2H3,(H,17,18)(H,19,20). The molecule has 1 heterocycles. The molecule has 5 nitrogen and oxygen atoms in total. The van der Waals surface area contributed by atoms with Crippen molar-refractivity contribution >= 4 is 5.97 Å². The van der Waals surface area contributed by atoms with Crippen LogP contribution in [0.3, 0.4) is 0 Å². The molecule has 2 N–H and O–H groups in total. The minimum Gasteiger partial charge on any atom is -0.479 e. The van der Waals surface area contributed by atoms with Gasteiger partial charge in [0.1, 0.15) is 5.82 Å². The highest BCUT2D eigenvalue weighted by Gasteiger charge is 2.22. The van der Waals surface area contributed by atoms with Crippen molar-refractivity contribution in [3.05, 3.63) is 51.6 Å². The van der Waals surface area contributed by atoms with Gasteiger partial charge in [0.05, 0.1) is 6.61 Å². The second-order valence-corrected chi connectivity index (χ2v) is 4.40. The van der Waals surface area contributed by atoms with Crippen molar-refractivity contribution in [1.29, 1.82) is 0 Å². The number of halogens is 1. The topological polar surface area (TPSA) is 79.4 Å². The number of aromatic carboxylic acids is 1. The predicted octanol–water partition coefficient (Wildman–Crippen LogP) is 2.59. The molecule has 0 saturated heterocycles. The molecular weight excluding hydrogens is 277 g/mol. The number of aryl methyl sites for hydroxylation is 1. The molecule has 0 spiro atoms. The summed E-state index contributed by atoms with van der Waals surface area (Å²) in [5.74, 6) is -1.88. The molecule has 0 unspecified atom stereocenters. The summed E-state index contributed by atoms with van der Waals surface area (Å²) in [6.45, 7) is 3.55. The Hall–Kier alpha value is -2.63. The quantitative estimate of drug-likeness (QED) is 0.907. The Kier molecular flexibility index (Phi) is 4.07. The van der Waals surface area contributed by atoms with Crippen molar-refractivity contribution in [1.82, 2.24) is 4.98 Å². The molecule has 0 amide bonds. The zero-order valence-corrected chi connectivity index (χ0v) is 11.6. The van der Waals surface area contributed by atoms with E-state index in [-0.39, 0.29) is 18.1 Å². The van der Waals surface area contributed by atoms with Gasteiger partial charge in [-0.15, -0.1) is 0 Å². The van der Waals surface area contributed by atoms with Gasteiger partial charge < -0.3 is 14.8 Å². The first kappa shape index (κ1) is 14.8. The summed E-state index contributed by atoms with van der Waals surface area (Å²) in [6, 6.07) is 5.29. The monoisotopic (exact) mass is 291 g/mol. The highest BCUT2D eigenvalue weighted by Crippen LogP contribution is 2.23. The van der Waals surface area contributed by atoms with Gasteiger partial charge in [-0.25, -0.2) is 9.18 Å². The number of carboxylic acid groups (broad SMARTS) is 1. The summed E-state index contributed by atoms with van der Waals surface area (Å²) in [6.07, 6.45) is 0. The summed E-state index contributed by atoms with van der Waals surface area (Å²) in [4.78, 5) is 26.5. The van der Waals surface area contributed by atoms with Gasteiger partial charge in [0.2, 0.25) is 11.3 Å². The van der Waals surface area contributed by atoms with Crippen molar-refractivity contribution in [3.8, 4) is 17.0 Å². The van der Waals surface area contributed by atoms with Gasteiger partial charge in [-0.2, -0.15) is 0 Å². The second kappa shape index (κ2) is 5.78. The number of carbonyl (C=O) groups is 1. The van der Waals surface area contributed by atoms with Crippen LogP contribution in [0.15, 0.2) is 29.1 Å². The molecule has 0 bridgehead atoms. The molecule has 0 atom stereocenters. The Morgan fingerprint density at radius 3 is 2.48 bits per heavy atom. The molecule has 1 aromatic carbocycles. The van der Waals surface area contributed by atoms with E-state index in [0.717, 1.165) is 0 Å². The van der Waals surface area contributed by atoms with Gasteiger partial charge in [0.25, 0.3) is 0 Å². The summed E-state index contributed by atoms with van der Waals surface area (Å²) < 4.78 is 18.1. The molecule has 0 saturated carbocycles. The Bertz CT molecular complexity index is 735. The summed E-state index contributed by atoms with van der Waals surface area (Å²) in [5, 5.41) is 9.22. The maximum atomic E-state index is 13.0. The normalized spacial score (nSPS) is 10.4. The molecule has 0 fully saturated rings. The van der Waals surface area contributed by atoms with Crippen LogP contribution in [0.1, 0.15) is 23.0 Å². The number of nitrogens with one attached hydrogen (secondary N) is 1. The molecular formula is C15H14FNO4. The molecule has 0 radical (unpaired) electrons. The molecule has 0 aliphatic heterocycles. The molecule has 0 aliphatic carbocycles. The first-order valence-electron chi connectivity index (χ1n) is 6.34. The Balaban J connectivity index is 2.73. The number of benzene rings is 1. The Morgan fingerprint density at radius 2 is 1.95 bits per heavy atom. The average Bonchev–Trinajstić information content (AvgIpc) is 2.40. The van der Waals surface area contributed by atoms with E-state index in [0.29, 0.717) is 11.3 Å². The fourth-order valence-corrected chi connectivity index (χ4v) is 2.10. The van der Waals surface area contributed by atoms with Gasteiger partial charge in [-0.1, -0.05) is 12.1 Å². The van der Waals surface area contributed by atoms with Crippen LogP contribution in [0.4, 0.5) is 4.39 Å². The highest BCUT2D eigenvalue weighted by molar-refractivity contribution is 5.92. The van der Waals surface area contributed by atoms with E-state index < -0.39 is 22.8 Å². The largest absolute Gasteiger partial charge is 0.479 e. The van der Waals surface area contributed by atoms with Gasteiger partial charge in [0.15, 0.2) is 5.56 Å². The Morgan fingerprint density at radius 1 is 1.33 bits per heavy atom. The van der Waals surface area contributed by atoms with Gasteiger partial charge in [-0.3, -0.25) is 4.79 Å². The van der Waals surface area contributed by atoms with E-state index >= 15 is 0 Å². The minimum atomic E-state index is -1.37. The number of hydrogen-bond acceptors (Lipinski definition) is 3. The third-order valence-electron chi connectivity index (χ3n) is 2.99. The van der Waals surface area contributed by atoms with Gasteiger partial charge in [-0.05, 0) is 31.5 Å². The fraction of sp³-hybridized carbons (Fsp3) is 0.200. The van der Waals surface area contributed by atoms with Crippen LogP contribution in [0, 0.1) is 12.7 Å². The SMILES string of the molecule is CCOc1[nH]c(C)c(-c2ccc(F)cc2)c(=O)c1C(=O)O. The van der Waals surface area contributed by atoms with E-state index in [4.69, 9.17) is 4.74 Å². The number of ether oxygens (including phenoxy) is 1. The van der Waals surface area contributed by atoms with E-state index in [2.05, 4.69) is 4.98 Å². The third-order valence-corrected chi connectivity index (χ3v) is 2.99.